The van der Waals surface area contributed by atoms with Crippen molar-refractivity contribution in [3.05, 3.63) is 28.2 Å². The summed E-state index contributed by atoms with van der Waals surface area (Å²) in [6.45, 7) is 3.36. The lowest BCUT2D eigenvalue weighted by atomic mass is 10.1. The lowest BCUT2D eigenvalue weighted by molar-refractivity contribution is 0.141. The average Bonchev–Trinajstić information content (AvgIpc) is 2.97. The molecule has 0 saturated carbocycles. The molecule has 2 heterocycles. The van der Waals surface area contributed by atoms with Gasteiger partial charge in [-0.15, -0.1) is 0 Å². The number of fused-ring (bicyclic) bond motifs is 1. The minimum Gasteiger partial charge on any atom is -0.488 e. The van der Waals surface area contributed by atoms with E-state index in [1.165, 1.54) is 24.9 Å². The molecule has 1 aromatic carbocycles. The molecule has 1 N–H and O–H groups in total. The predicted octanol–water partition coefficient (Wildman–Crippen LogP) is 2.44. The van der Waals surface area contributed by atoms with E-state index in [4.69, 9.17) is 4.74 Å². The van der Waals surface area contributed by atoms with Crippen molar-refractivity contribution in [3.8, 4) is 5.75 Å². The zero-order chi connectivity index (χ0) is 13.2. The van der Waals surface area contributed by atoms with Crippen molar-refractivity contribution in [2.45, 2.75) is 31.4 Å². The summed E-state index contributed by atoms with van der Waals surface area (Å²) in [6, 6.07) is 7.00. The van der Waals surface area contributed by atoms with E-state index < -0.39 is 0 Å². The van der Waals surface area contributed by atoms with Crippen LogP contribution < -0.4 is 10.1 Å². The lowest BCUT2D eigenvalue weighted by Gasteiger charge is -2.26. The minimum atomic E-state index is 0.321. The normalized spacial score (nSPS) is 26.4. The van der Waals surface area contributed by atoms with E-state index in [1.807, 2.05) is 7.05 Å². The quantitative estimate of drug-likeness (QED) is 0.920. The van der Waals surface area contributed by atoms with Gasteiger partial charge in [0.15, 0.2) is 0 Å². The van der Waals surface area contributed by atoms with Crippen LogP contribution in [0.25, 0.3) is 0 Å². The summed E-state index contributed by atoms with van der Waals surface area (Å²) in [5.41, 5.74) is 1.34. The number of rotatable bonds is 4. The fourth-order valence-electron chi connectivity index (χ4n) is 3.25. The molecule has 4 heteroatoms. The van der Waals surface area contributed by atoms with Gasteiger partial charge in [-0.25, -0.2) is 0 Å². The summed E-state index contributed by atoms with van der Waals surface area (Å²) in [4.78, 5) is 2.59. The van der Waals surface area contributed by atoms with Crippen LogP contribution >= 0.6 is 15.9 Å². The molecule has 0 amide bonds. The fourth-order valence-corrected chi connectivity index (χ4v) is 3.66. The number of benzene rings is 1. The first-order chi connectivity index (χ1) is 9.26. The summed E-state index contributed by atoms with van der Waals surface area (Å²) in [7, 11) is 2.04. The summed E-state index contributed by atoms with van der Waals surface area (Å²) in [5, 5.41) is 3.30. The SMILES string of the molecule is CNCC1CCCN1CC1Cc2cc(Br)ccc2O1. The molecular formula is C15H21BrN2O. The van der Waals surface area contributed by atoms with E-state index in [-0.39, 0.29) is 0 Å². The van der Waals surface area contributed by atoms with Crippen LogP contribution in [0.4, 0.5) is 0 Å². The Morgan fingerprint density at radius 2 is 2.37 bits per heavy atom. The van der Waals surface area contributed by atoms with Crippen LogP contribution in [0.3, 0.4) is 0 Å². The number of likely N-dealkylation sites (N-methyl/N-ethyl adjacent to an activating group) is 1. The second kappa shape index (κ2) is 5.81. The molecule has 0 aromatic heterocycles. The van der Waals surface area contributed by atoms with E-state index in [2.05, 4.69) is 44.3 Å². The molecule has 3 rings (SSSR count). The number of hydrogen-bond acceptors (Lipinski definition) is 3. The Hall–Kier alpha value is -0.580. The van der Waals surface area contributed by atoms with Crippen molar-refractivity contribution >= 4 is 15.9 Å². The first kappa shape index (κ1) is 13.4. The molecule has 0 spiro atoms. The topological polar surface area (TPSA) is 24.5 Å². The van der Waals surface area contributed by atoms with Gasteiger partial charge in [0.1, 0.15) is 11.9 Å². The van der Waals surface area contributed by atoms with Gasteiger partial charge >= 0.3 is 0 Å². The second-order valence-electron chi connectivity index (χ2n) is 5.54. The average molecular weight is 325 g/mol. The van der Waals surface area contributed by atoms with Gasteiger partial charge in [-0.3, -0.25) is 4.90 Å². The molecule has 19 heavy (non-hydrogen) atoms. The summed E-state index contributed by atoms with van der Waals surface area (Å²) >= 11 is 3.53. The van der Waals surface area contributed by atoms with Gasteiger partial charge in [-0.1, -0.05) is 15.9 Å². The molecule has 0 radical (unpaired) electrons. The third-order valence-corrected chi connectivity index (χ3v) is 4.63. The van der Waals surface area contributed by atoms with Crippen molar-refractivity contribution in [1.29, 1.82) is 0 Å². The van der Waals surface area contributed by atoms with Gasteiger partial charge in [0.05, 0.1) is 0 Å². The predicted molar refractivity (Wildman–Crippen MR) is 80.8 cm³/mol. The molecule has 2 aliphatic heterocycles. The molecule has 3 nitrogen and oxygen atoms in total. The summed E-state index contributed by atoms with van der Waals surface area (Å²) in [6.07, 6.45) is 3.99. The van der Waals surface area contributed by atoms with Crippen LogP contribution in [0.2, 0.25) is 0 Å². The van der Waals surface area contributed by atoms with Gasteiger partial charge in [0.2, 0.25) is 0 Å². The highest BCUT2D eigenvalue weighted by molar-refractivity contribution is 9.10. The number of likely N-dealkylation sites (tertiary alicyclic amines) is 1. The Morgan fingerprint density at radius 1 is 1.47 bits per heavy atom. The fraction of sp³-hybridized carbons (Fsp3) is 0.600. The van der Waals surface area contributed by atoms with E-state index in [9.17, 15) is 0 Å². The number of nitrogens with one attached hydrogen (secondary N) is 1. The van der Waals surface area contributed by atoms with Crippen molar-refractivity contribution < 1.29 is 4.74 Å². The highest BCUT2D eigenvalue weighted by atomic mass is 79.9. The van der Waals surface area contributed by atoms with Gasteiger partial charge < -0.3 is 10.1 Å². The highest BCUT2D eigenvalue weighted by Gasteiger charge is 2.30. The van der Waals surface area contributed by atoms with Gasteiger partial charge in [-0.05, 0) is 50.2 Å². The number of halogens is 1. The van der Waals surface area contributed by atoms with Crippen LogP contribution in [-0.4, -0.2) is 43.7 Å². The van der Waals surface area contributed by atoms with Crippen molar-refractivity contribution in [3.63, 3.8) is 0 Å². The van der Waals surface area contributed by atoms with Crippen molar-refractivity contribution in [2.24, 2.45) is 0 Å². The maximum atomic E-state index is 6.07. The monoisotopic (exact) mass is 324 g/mol. The van der Waals surface area contributed by atoms with Gasteiger partial charge in [0.25, 0.3) is 0 Å². The molecule has 2 atom stereocenters. The van der Waals surface area contributed by atoms with Crippen molar-refractivity contribution in [1.82, 2.24) is 10.2 Å². The molecule has 1 aromatic rings. The van der Waals surface area contributed by atoms with E-state index in [1.54, 1.807) is 0 Å². The Balaban J connectivity index is 1.61. The van der Waals surface area contributed by atoms with E-state index in [0.717, 1.165) is 29.7 Å². The molecule has 104 valence electrons. The zero-order valence-corrected chi connectivity index (χ0v) is 12.9. The smallest absolute Gasteiger partial charge is 0.123 e. The maximum Gasteiger partial charge on any atom is 0.123 e. The van der Waals surface area contributed by atoms with Gasteiger partial charge in [0, 0.05) is 30.0 Å². The summed E-state index contributed by atoms with van der Waals surface area (Å²) in [5.74, 6) is 1.07. The second-order valence-corrected chi connectivity index (χ2v) is 6.46. The Kier molecular flexibility index (Phi) is 4.10. The molecule has 0 aliphatic carbocycles. The first-order valence-corrected chi connectivity index (χ1v) is 7.89. The molecular weight excluding hydrogens is 304 g/mol. The maximum absolute atomic E-state index is 6.07. The van der Waals surface area contributed by atoms with Crippen LogP contribution in [0.5, 0.6) is 5.75 Å². The standard InChI is InChI=1S/C15H21BrN2O/c1-17-9-13-3-2-6-18(13)10-14-8-11-7-12(16)4-5-15(11)19-14/h4-5,7,13-14,17H,2-3,6,8-10H2,1H3. The molecule has 1 fully saturated rings. The zero-order valence-electron chi connectivity index (χ0n) is 11.4. The van der Waals surface area contributed by atoms with Crippen LogP contribution in [-0.2, 0) is 6.42 Å². The van der Waals surface area contributed by atoms with E-state index >= 15 is 0 Å². The lowest BCUT2D eigenvalue weighted by Crippen LogP contribution is -2.42. The largest absolute Gasteiger partial charge is 0.488 e. The molecule has 2 unspecified atom stereocenters. The van der Waals surface area contributed by atoms with Crippen molar-refractivity contribution in [2.75, 3.05) is 26.7 Å². The summed E-state index contributed by atoms with van der Waals surface area (Å²) < 4.78 is 7.21. The third-order valence-electron chi connectivity index (χ3n) is 4.14. The first-order valence-electron chi connectivity index (χ1n) is 7.10. The number of ether oxygens (including phenoxy) is 1. The number of hydrogen-bond donors (Lipinski definition) is 1. The molecule has 0 bridgehead atoms. The minimum absolute atomic E-state index is 0.321. The highest BCUT2D eigenvalue weighted by Crippen LogP contribution is 2.32. The third kappa shape index (κ3) is 2.96. The number of nitrogens with zero attached hydrogens (tertiary/aromatic N) is 1. The van der Waals surface area contributed by atoms with E-state index in [0.29, 0.717) is 12.1 Å². The van der Waals surface area contributed by atoms with Crippen LogP contribution in [0, 0.1) is 0 Å². The Morgan fingerprint density at radius 3 is 3.21 bits per heavy atom. The van der Waals surface area contributed by atoms with Gasteiger partial charge in [-0.2, -0.15) is 0 Å². The Bertz CT molecular complexity index is 452. The van der Waals surface area contributed by atoms with Crippen LogP contribution in [0.1, 0.15) is 18.4 Å². The molecule has 1 saturated heterocycles. The van der Waals surface area contributed by atoms with Crippen LogP contribution in [0.15, 0.2) is 22.7 Å². The molecule has 2 aliphatic rings. The Labute approximate surface area is 123 Å².